The fourth-order valence-corrected chi connectivity index (χ4v) is 3.55. The molecule has 2 aliphatic rings. The van der Waals surface area contributed by atoms with Crippen LogP contribution in [0, 0.1) is 0 Å². The molecule has 4 heterocycles. The average molecular weight is 398 g/mol. The number of aromatic amines is 2. The summed E-state index contributed by atoms with van der Waals surface area (Å²) in [5, 5.41) is 14.9. The van der Waals surface area contributed by atoms with Gasteiger partial charge in [0.2, 0.25) is 11.8 Å². The van der Waals surface area contributed by atoms with Gasteiger partial charge in [-0.05, 0) is 32.8 Å². The zero-order valence-electron chi connectivity index (χ0n) is 16.2. The van der Waals surface area contributed by atoms with Crippen molar-refractivity contribution in [3.8, 4) is 5.88 Å². The Balaban J connectivity index is 1.69. The van der Waals surface area contributed by atoms with Crippen LogP contribution in [0.15, 0.2) is 16.0 Å². The number of nitrogens with one attached hydrogen (secondary N) is 2. The Kier molecular flexibility index (Phi) is 4.12. The third-order valence-corrected chi connectivity index (χ3v) is 4.95. The fraction of sp³-hybridized carbons (Fsp3) is 0.500. The van der Waals surface area contributed by atoms with Gasteiger partial charge in [0.1, 0.15) is 5.69 Å². The third kappa shape index (κ3) is 3.48. The van der Waals surface area contributed by atoms with E-state index in [0.717, 1.165) is 12.8 Å². The minimum atomic E-state index is -0.485. The van der Waals surface area contributed by atoms with E-state index in [1.165, 1.54) is 0 Å². The summed E-state index contributed by atoms with van der Waals surface area (Å²) in [5.74, 6) is 0.336. The molecule has 2 fully saturated rings. The second kappa shape index (κ2) is 6.69. The van der Waals surface area contributed by atoms with Crippen molar-refractivity contribution in [3.05, 3.63) is 33.2 Å². The lowest BCUT2D eigenvalue weighted by molar-refractivity contribution is -0.00574. The lowest BCUT2D eigenvalue weighted by Gasteiger charge is -2.35. The lowest BCUT2D eigenvalue weighted by atomic mass is 10.2. The molecule has 2 atom stereocenters. The molecule has 11 heteroatoms. The van der Waals surface area contributed by atoms with Crippen LogP contribution >= 0.6 is 0 Å². The number of rotatable bonds is 3. The highest BCUT2D eigenvalue weighted by molar-refractivity contribution is 5.57. The number of hydrogen-bond acceptors (Lipinski definition) is 8. The molecule has 1 saturated carbocycles. The van der Waals surface area contributed by atoms with E-state index < -0.39 is 5.69 Å². The number of anilines is 1. The molecule has 0 aromatic carbocycles. The highest BCUT2D eigenvalue weighted by atomic mass is 16.5. The number of aromatic hydroxyl groups is 1. The van der Waals surface area contributed by atoms with Gasteiger partial charge in [0.05, 0.1) is 24.4 Å². The van der Waals surface area contributed by atoms with E-state index in [1.807, 2.05) is 13.8 Å². The summed E-state index contributed by atoms with van der Waals surface area (Å²) in [7, 11) is 0. The smallest absolute Gasteiger partial charge is 0.326 e. The van der Waals surface area contributed by atoms with Crippen molar-refractivity contribution >= 4 is 17.7 Å². The van der Waals surface area contributed by atoms with Crippen LogP contribution in [-0.2, 0) is 4.74 Å². The minimum Gasteiger partial charge on any atom is -0.493 e. The Hall–Kier alpha value is -3.21. The molecule has 3 aromatic rings. The first kappa shape index (κ1) is 17.9. The minimum absolute atomic E-state index is 0.0696. The maximum atomic E-state index is 11.4. The Morgan fingerprint density at radius 2 is 2.00 bits per heavy atom. The number of H-pyrrole nitrogens is 2. The van der Waals surface area contributed by atoms with Gasteiger partial charge in [0, 0.05) is 18.3 Å². The molecule has 3 N–H and O–H groups in total. The van der Waals surface area contributed by atoms with Crippen molar-refractivity contribution in [1.29, 1.82) is 0 Å². The van der Waals surface area contributed by atoms with E-state index in [4.69, 9.17) is 14.7 Å². The Morgan fingerprint density at radius 1 is 1.24 bits per heavy atom. The van der Waals surface area contributed by atoms with E-state index in [2.05, 4.69) is 25.0 Å². The van der Waals surface area contributed by atoms with Gasteiger partial charge in [-0.1, -0.05) is 0 Å². The van der Waals surface area contributed by atoms with Crippen LogP contribution in [0.25, 0.3) is 11.7 Å². The van der Waals surface area contributed by atoms with Gasteiger partial charge in [-0.25, -0.2) is 9.79 Å². The van der Waals surface area contributed by atoms with E-state index in [1.54, 1.807) is 16.8 Å². The summed E-state index contributed by atoms with van der Waals surface area (Å²) in [4.78, 5) is 32.5. The van der Waals surface area contributed by atoms with Gasteiger partial charge < -0.3 is 19.7 Å². The molecule has 3 aromatic heterocycles. The van der Waals surface area contributed by atoms with Gasteiger partial charge in [0.15, 0.2) is 5.65 Å². The van der Waals surface area contributed by atoms with E-state index in [0.29, 0.717) is 35.5 Å². The predicted octanol–water partition coefficient (Wildman–Crippen LogP) is -0.929. The van der Waals surface area contributed by atoms with E-state index >= 15 is 0 Å². The summed E-state index contributed by atoms with van der Waals surface area (Å²) in [5.41, 5.74) is 0.842. The maximum absolute atomic E-state index is 11.4. The Bertz CT molecular complexity index is 1230. The predicted molar refractivity (Wildman–Crippen MR) is 103 cm³/mol. The summed E-state index contributed by atoms with van der Waals surface area (Å²) in [6.45, 7) is 5.42. The molecule has 29 heavy (non-hydrogen) atoms. The largest absolute Gasteiger partial charge is 0.493 e. The molecule has 0 bridgehead atoms. The first-order valence-electron chi connectivity index (χ1n) is 9.69. The van der Waals surface area contributed by atoms with Crippen molar-refractivity contribution in [2.45, 2.75) is 44.9 Å². The third-order valence-electron chi connectivity index (χ3n) is 4.95. The molecule has 1 saturated heterocycles. The van der Waals surface area contributed by atoms with Crippen LogP contribution in [-0.4, -0.2) is 66.0 Å². The molecular weight excluding hydrogens is 376 g/mol. The van der Waals surface area contributed by atoms with Crippen molar-refractivity contribution < 1.29 is 9.84 Å². The Morgan fingerprint density at radius 3 is 2.66 bits per heavy atom. The fourth-order valence-electron chi connectivity index (χ4n) is 3.55. The molecule has 0 spiro atoms. The van der Waals surface area contributed by atoms with Crippen molar-refractivity contribution in [2.75, 3.05) is 18.0 Å². The number of hydrogen-bond donors (Lipinski definition) is 3. The first-order valence-corrected chi connectivity index (χ1v) is 9.69. The SMILES string of the molecule is C[C@@H]1CN(c2nc(=NC3CC3)n3ncc(=Cc4[nH]c(=O)[nH]c4O)c3n2)C[C@H](C)O1. The molecule has 11 nitrogen and oxygen atoms in total. The number of fused-ring (bicyclic) bond motifs is 1. The standard InChI is InChI=1S/C18H22N8O3/c1-9-7-25(8-10(2)29-9)16-22-14-11(5-13-15(27)23-18(28)21-13)6-19-26(14)17(24-16)20-12-3-4-12/h5-6,9-10,12,27H,3-4,7-8H2,1-2H3,(H2,21,23,28)/t9-,10+. The number of imidazole rings is 1. The molecule has 0 unspecified atom stereocenters. The maximum Gasteiger partial charge on any atom is 0.326 e. The molecule has 1 aliphatic carbocycles. The summed E-state index contributed by atoms with van der Waals surface area (Å²) in [6.07, 6.45) is 5.48. The van der Waals surface area contributed by atoms with Crippen molar-refractivity contribution in [1.82, 2.24) is 29.5 Å². The highest BCUT2D eigenvalue weighted by Gasteiger charge is 2.26. The molecule has 0 radical (unpaired) electrons. The molecule has 152 valence electrons. The van der Waals surface area contributed by atoms with Crippen molar-refractivity contribution in [3.63, 3.8) is 0 Å². The van der Waals surface area contributed by atoms with Gasteiger partial charge in [-0.3, -0.25) is 4.98 Å². The van der Waals surface area contributed by atoms with Crippen LogP contribution in [0.3, 0.4) is 0 Å². The monoisotopic (exact) mass is 398 g/mol. The van der Waals surface area contributed by atoms with E-state index in [9.17, 15) is 9.90 Å². The highest BCUT2D eigenvalue weighted by Crippen LogP contribution is 2.22. The van der Waals surface area contributed by atoms with Gasteiger partial charge in [-0.15, -0.1) is 0 Å². The van der Waals surface area contributed by atoms with Crippen LogP contribution in [0.5, 0.6) is 5.88 Å². The number of nitrogens with zero attached hydrogens (tertiary/aromatic N) is 6. The normalized spacial score (nSPS) is 24.0. The zero-order chi connectivity index (χ0) is 20.1. The number of morpholine rings is 1. The number of aromatic nitrogens is 6. The van der Waals surface area contributed by atoms with E-state index in [-0.39, 0.29) is 29.8 Å². The quantitative estimate of drug-likeness (QED) is 0.518. The Labute approximate surface area is 164 Å². The van der Waals surface area contributed by atoms with Gasteiger partial charge in [0.25, 0.3) is 5.62 Å². The number of ether oxygens (including phenoxy) is 1. The molecule has 5 rings (SSSR count). The van der Waals surface area contributed by atoms with Crippen LogP contribution in [0.2, 0.25) is 0 Å². The van der Waals surface area contributed by atoms with Crippen LogP contribution in [0.1, 0.15) is 32.4 Å². The van der Waals surface area contributed by atoms with Crippen molar-refractivity contribution in [2.24, 2.45) is 4.99 Å². The van der Waals surface area contributed by atoms with Gasteiger partial charge >= 0.3 is 5.69 Å². The van der Waals surface area contributed by atoms with Gasteiger partial charge in [-0.2, -0.15) is 19.6 Å². The first-order chi connectivity index (χ1) is 14.0. The lowest BCUT2D eigenvalue weighted by Crippen LogP contribution is -2.47. The summed E-state index contributed by atoms with van der Waals surface area (Å²) < 4.78 is 7.42. The van der Waals surface area contributed by atoms with Crippen LogP contribution in [0.4, 0.5) is 5.95 Å². The molecule has 1 aliphatic heterocycles. The topological polar surface area (TPSA) is 137 Å². The molecule has 0 amide bonds. The second-order valence-electron chi connectivity index (χ2n) is 7.67. The molecular formula is C18H22N8O3. The average Bonchev–Trinajstić information content (AvgIpc) is 3.29. The second-order valence-corrected chi connectivity index (χ2v) is 7.67. The van der Waals surface area contributed by atoms with Crippen LogP contribution < -0.4 is 21.4 Å². The summed E-state index contributed by atoms with van der Waals surface area (Å²) in [6, 6.07) is 0.269. The summed E-state index contributed by atoms with van der Waals surface area (Å²) >= 11 is 0. The zero-order valence-corrected chi connectivity index (χ0v) is 16.2.